The number of ether oxygens (including phenoxy) is 1. The van der Waals surface area contributed by atoms with E-state index in [9.17, 15) is 14.4 Å². The third-order valence-electron chi connectivity index (χ3n) is 4.24. The molecule has 154 valence electrons. The van der Waals surface area contributed by atoms with Crippen molar-refractivity contribution >= 4 is 17.9 Å². The zero-order chi connectivity index (χ0) is 21.3. The van der Waals surface area contributed by atoms with Gasteiger partial charge in [-0.05, 0) is 25.0 Å². The van der Waals surface area contributed by atoms with Crippen LogP contribution in [0.5, 0.6) is 0 Å². The average Bonchev–Trinajstić information content (AvgIpc) is 2.72. The molecule has 29 heavy (non-hydrogen) atoms. The van der Waals surface area contributed by atoms with Gasteiger partial charge >= 0.3 is 6.09 Å². The van der Waals surface area contributed by atoms with E-state index in [0.29, 0.717) is 0 Å². The number of nitrogens with one attached hydrogen (secondary N) is 3. The second-order valence-electron chi connectivity index (χ2n) is 7.04. The van der Waals surface area contributed by atoms with Crippen molar-refractivity contribution in [1.82, 2.24) is 16.1 Å². The number of nitrogens with two attached hydrogens (primary N) is 1. The minimum Gasteiger partial charge on any atom is -0.445 e. The van der Waals surface area contributed by atoms with Gasteiger partial charge < -0.3 is 15.4 Å². The summed E-state index contributed by atoms with van der Waals surface area (Å²) >= 11 is 0. The molecule has 0 aromatic heterocycles. The lowest BCUT2D eigenvalue weighted by molar-refractivity contribution is -0.131. The van der Waals surface area contributed by atoms with Crippen molar-refractivity contribution in [2.24, 2.45) is 5.84 Å². The van der Waals surface area contributed by atoms with Crippen LogP contribution in [0.1, 0.15) is 25.0 Å². The summed E-state index contributed by atoms with van der Waals surface area (Å²) < 4.78 is 5.15. The zero-order valence-corrected chi connectivity index (χ0v) is 16.5. The first-order valence-electron chi connectivity index (χ1n) is 9.16. The van der Waals surface area contributed by atoms with Crippen molar-refractivity contribution in [3.63, 3.8) is 0 Å². The highest BCUT2D eigenvalue weighted by Crippen LogP contribution is 2.08. The van der Waals surface area contributed by atoms with Crippen molar-refractivity contribution in [3.8, 4) is 0 Å². The fourth-order valence-electron chi connectivity index (χ4n) is 2.57. The van der Waals surface area contributed by atoms with Gasteiger partial charge in [-0.2, -0.15) is 0 Å². The maximum absolute atomic E-state index is 12.7. The van der Waals surface area contributed by atoms with E-state index >= 15 is 0 Å². The molecular weight excluding hydrogens is 372 g/mol. The molecule has 2 rings (SSSR count). The zero-order valence-electron chi connectivity index (χ0n) is 16.5. The number of alkyl carbamates (subject to hydrolysis) is 1. The summed E-state index contributed by atoms with van der Waals surface area (Å²) in [5.74, 6) is 4.17. The monoisotopic (exact) mass is 398 g/mol. The first kappa shape index (κ1) is 21.9. The standard InChI is InChI=1S/C21H26N4O4/c1-21(2,24-20(28)29-14-16-11-7-4-8-12-16)19(27)23-17(18(26)25-22)13-15-9-5-3-6-10-15/h3-12,17H,13-14,22H2,1-2H3,(H,23,27)(H,24,28)(H,25,26)/t17-/m1/s1. The molecule has 0 aliphatic carbocycles. The van der Waals surface area contributed by atoms with Gasteiger partial charge in [0.2, 0.25) is 5.91 Å². The van der Waals surface area contributed by atoms with Gasteiger partial charge in [-0.15, -0.1) is 0 Å². The van der Waals surface area contributed by atoms with Crippen LogP contribution in [-0.4, -0.2) is 29.5 Å². The molecule has 0 saturated heterocycles. The van der Waals surface area contributed by atoms with E-state index in [2.05, 4.69) is 16.1 Å². The normalized spacial score (nSPS) is 11.8. The number of hydrazine groups is 1. The van der Waals surface area contributed by atoms with Crippen LogP contribution >= 0.6 is 0 Å². The first-order chi connectivity index (χ1) is 13.8. The SMILES string of the molecule is CC(C)(NC(=O)OCc1ccccc1)C(=O)N[C@H](Cc1ccccc1)C(=O)NN. The number of hydrogen-bond acceptors (Lipinski definition) is 5. The molecule has 5 N–H and O–H groups in total. The lowest BCUT2D eigenvalue weighted by Crippen LogP contribution is -2.59. The average molecular weight is 398 g/mol. The van der Waals surface area contributed by atoms with Gasteiger partial charge in [0.15, 0.2) is 0 Å². The van der Waals surface area contributed by atoms with Crippen LogP contribution in [0.2, 0.25) is 0 Å². The van der Waals surface area contributed by atoms with Crippen molar-refractivity contribution < 1.29 is 19.1 Å². The molecule has 0 spiro atoms. The van der Waals surface area contributed by atoms with Crippen LogP contribution in [0.4, 0.5) is 4.79 Å². The quantitative estimate of drug-likeness (QED) is 0.304. The summed E-state index contributed by atoms with van der Waals surface area (Å²) in [6.07, 6.45) is -0.485. The Morgan fingerprint density at radius 1 is 0.966 bits per heavy atom. The predicted octanol–water partition coefficient (Wildman–Crippen LogP) is 1.41. The van der Waals surface area contributed by atoms with E-state index in [1.54, 1.807) is 0 Å². The molecule has 0 radical (unpaired) electrons. The number of benzene rings is 2. The van der Waals surface area contributed by atoms with E-state index in [1.165, 1.54) is 13.8 Å². The number of carbonyl (C=O) groups excluding carboxylic acids is 3. The van der Waals surface area contributed by atoms with Gasteiger partial charge in [0.1, 0.15) is 18.2 Å². The lowest BCUT2D eigenvalue weighted by atomic mass is 10.0. The van der Waals surface area contributed by atoms with Gasteiger partial charge in [-0.25, -0.2) is 10.6 Å². The molecule has 0 heterocycles. The molecule has 0 saturated carbocycles. The molecule has 3 amide bonds. The van der Waals surface area contributed by atoms with Crippen LogP contribution in [0.25, 0.3) is 0 Å². The highest BCUT2D eigenvalue weighted by Gasteiger charge is 2.33. The molecule has 0 aliphatic rings. The molecule has 2 aromatic carbocycles. The van der Waals surface area contributed by atoms with Crippen LogP contribution in [-0.2, 0) is 27.4 Å². The van der Waals surface area contributed by atoms with E-state index < -0.39 is 29.5 Å². The minimum atomic E-state index is -1.31. The number of amides is 3. The Bertz CT molecular complexity index is 825. The Balaban J connectivity index is 1.95. The number of rotatable bonds is 8. The summed E-state index contributed by atoms with van der Waals surface area (Å²) in [6.45, 7) is 3.12. The molecule has 0 unspecified atom stereocenters. The highest BCUT2D eigenvalue weighted by molar-refractivity contribution is 5.93. The van der Waals surface area contributed by atoms with Crippen molar-refractivity contribution in [2.75, 3.05) is 0 Å². The van der Waals surface area contributed by atoms with Gasteiger partial charge in [0, 0.05) is 6.42 Å². The minimum absolute atomic E-state index is 0.0799. The highest BCUT2D eigenvalue weighted by atomic mass is 16.5. The fourth-order valence-corrected chi connectivity index (χ4v) is 2.57. The summed E-state index contributed by atoms with van der Waals surface area (Å²) in [5, 5.41) is 5.15. The van der Waals surface area contributed by atoms with Crippen molar-refractivity contribution in [1.29, 1.82) is 0 Å². The van der Waals surface area contributed by atoms with Gasteiger partial charge in [0.25, 0.3) is 5.91 Å². The second kappa shape index (κ2) is 10.2. The largest absolute Gasteiger partial charge is 0.445 e. The molecule has 0 fully saturated rings. The molecule has 0 aliphatic heterocycles. The van der Waals surface area contributed by atoms with E-state index in [4.69, 9.17) is 10.6 Å². The third-order valence-corrected chi connectivity index (χ3v) is 4.24. The molecule has 2 aromatic rings. The maximum atomic E-state index is 12.7. The van der Waals surface area contributed by atoms with Crippen LogP contribution < -0.4 is 21.9 Å². The second-order valence-corrected chi connectivity index (χ2v) is 7.04. The number of hydrogen-bond donors (Lipinski definition) is 4. The van der Waals surface area contributed by atoms with Crippen LogP contribution in [0.3, 0.4) is 0 Å². The van der Waals surface area contributed by atoms with Gasteiger partial charge in [-0.3, -0.25) is 15.0 Å². The predicted molar refractivity (Wildman–Crippen MR) is 108 cm³/mol. The fraction of sp³-hybridized carbons (Fsp3) is 0.286. The first-order valence-corrected chi connectivity index (χ1v) is 9.16. The topological polar surface area (TPSA) is 123 Å². The van der Waals surface area contributed by atoms with E-state index in [0.717, 1.165) is 11.1 Å². The van der Waals surface area contributed by atoms with Gasteiger partial charge in [-0.1, -0.05) is 60.7 Å². The van der Waals surface area contributed by atoms with E-state index in [-0.39, 0.29) is 13.0 Å². The molecule has 8 nitrogen and oxygen atoms in total. The van der Waals surface area contributed by atoms with Crippen LogP contribution in [0.15, 0.2) is 60.7 Å². The summed E-state index contributed by atoms with van der Waals surface area (Å²) in [4.78, 5) is 36.9. The van der Waals surface area contributed by atoms with Crippen molar-refractivity contribution in [3.05, 3.63) is 71.8 Å². The summed E-state index contributed by atoms with van der Waals surface area (Å²) in [7, 11) is 0. The molecule has 1 atom stereocenters. The smallest absolute Gasteiger partial charge is 0.408 e. The Kier molecular flexibility index (Phi) is 7.73. The summed E-state index contributed by atoms with van der Waals surface area (Å²) in [6, 6.07) is 17.5. The summed E-state index contributed by atoms with van der Waals surface area (Å²) in [5.41, 5.74) is 2.43. The van der Waals surface area contributed by atoms with E-state index in [1.807, 2.05) is 60.7 Å². The molecular formula is C21H26N4O4. The van der Waals surface area contributed by atoms with Crippen LogP contribution in [0, 0.1) is 0 Å². The van der Waals surface area contributed by atoms with Crippen molar-refractivity contribution in [2.45, 2.75) is 38.5 Å². The molecule has 0 bridgehead atoms. The lowest BCUT2D eigenvalue weighted by Gasteiger charge is -2.27. The third kappa shape index (κ3) is 6.93. The maximum Gasteiger partial charge on any atom is 0.408 e. The molecule has 8 heteroatoms. The Labute approximate surface area is 169 Å². The Hall–Kier alpha value is -3.39. The van der Waals surface area contributed by atoms with Gasteiger partial charge in [0.05, 0.1) is 0 Å². The Morgan fingerprint density at radius 3 is 2.07 bits per heavy atom. The number of carbonyl (C=O) groups is 3. The Morgan fingerprint density at radius 2 is 1.52 bits per heavy atom.